The van der Waals surface area contributed by atoms with Gasteiger partial charge in [0.15, 0.2) is 0 Å². The number of nitrogens with zero attached hydrogens (tertiary/aromatic N) is 1. The Morgan fingerprint density at radius 3 is 2.00 bits per heavy atom. The molecule has 0 saturated carbocycles. The minimum absolute atomic E-state index is 0.0130. The molecule has 244 valence electrons. The molecule has 2 aliphatic rings. The van der Waals surface area contributed by atoms with Crippen LogP contribution in [0.3, 0.4) is 0 Å². The number of aliphatic hydroxyl groups is 2. The Bertz CT molecular complexity index is 1430. The zero-order chi connectivity index (χ0) is 33.9. The van der Waals surface area contributed by atoms with Crippen LogP contribution >= 0.6 is 0 Å². The Morgan fingerprint density at radius 2 is 1.42 bits per heavy atom. The number of hydrogen-bond acceptors (Lipinski definition) is 4. The van der Waals surface area contributed by atoms with E-state index in [2.05, 4.69) is 65.8 Å². The maximum atomic E-state index is 11.7. The fourth-order valence-electron chi connectivity index (χ4n) is 6.33. The summed E-state index contributed by atoms with van der Waals surface area (Å²) in [6.45, 7) is 20.7. The van der Waals surface area contributed by atoms with E-state index in [9.17, 15) is 20.3 Å². The van der Waals surface area contributed by atoms with Crippen LogP contribution in [0, 0.1) is 26.9 Å². The molecule has 0 fully saturated rings. The van der Waals surface area contributed by atoms with Gasteiger partial charge in [-0.15, -0.1) is 0 Å². The zero-order valence-electron chi connectivity index (χ0n) is 29.1. The molecule has 2 aliphatic carbocycles. The van der Waals surface area contributed by atoms with Gasteiger partial charge in [0.2, 0.25) is 0 Å². The molecule has 0 aromatic heterocycles. The van der Waals surface area contributed by atoms with Crippen LogP contribution in [0.15, 0.2) is 130 Å². The van der Waals surface area contributed by atoms with Crippen molar-refractivity contribution in [1.29, 1.82) is 0 Å². The van der Waals surface area contributed by atoms with Gasteiger partial charge in [-0.05, 0) is 82.8 Å². The fraction of sp³-hybridized carbons (Fsp3) is 0.450. The van der Waals surface area contributed by atoms with E-state index in [1.807, 2.05) is 70.2 Å². The first-order chi connectivity index (χ1) is 20.9. The van der Waals surface area contributed by atoms with E-state index in [1.165, 1.54) is 22.8 Å². The van der Waals surface area contributed by atoms with Crippen molar-refractivity contribution in [3.05, 3.63) is 140 Å². The number of allylic oxidation sites excluding steroid dienone is 19. The largest absolute Gasteiger partial charge is 0.393 e. The molecule has 3 atom stereocenters. The summed E-state index contributed by atoms with van der Waals surface area (Å²) in [6.07, 6.45) is 28.6. The highest BCUT2D eigenvalue weighted by Gasteiger charge is 2.34. The lowest BCUT2D eigenvalue weighted by Crippen LogP contribution is -2.32. The van der Waals surface area contributed by atoms with Crippen LogP contribution in [0.4, 0.5) is 0 Å². The number of hydrogen-bond donors (Lipinski definition) is 2. The first-order valence-corrected chi connectivity index (χ1v) is 15.9. The first-order valence-electron chi connectivity index (χ1n) is 15.9. The van der Waals surface area contributed by atoms with Crippen molar-refractivity contribution in [3.63, 3.8) is 0 Å². The molecule has 0 aromatic carbocycles. The molecular formula is C40H55NO4. The summed E-state index contributed by atoms with van der Waals surface area (Å²) in [7, 11) is 0. The Balaban J connectivity index is 2.06. The van der Waals surface area contributed by atoms with Gasteiger partial charge in [0, 0.05) is 18.1 Å². The van der Waals surface area contributed by atoms with E-state index in [1.54, 1.807) is 12.2 Å². The molecule has 2 N–H and O–H groups in total. The van der Waals surface area contributed by atoms with Gasteiger partial charge in [0.1, 0.15) is 0 Å². The van der Waals surface area contributed by atoms with Gasteiger partial charge in [0.25, 0.3) is 5.70 Å². The molecule has 0 aliphatic heterocycles. The van der Waals surface area contributed by atoms with Gasteiger partial charge in [-0.1, -0.05) is 128 Å². The topological polar surface area (TPSA) is 83.6 Å². The van der Waals surface area contributed by atoms with Crippen molar-refractivity contribution in [2.75, 3.05) is 0 Å². The van der Waals surface area contributed by atoms with Gasteiger partial charge < -0.3 is 10.2 Å². The second kappa shape index (κ2) is 16.7. The maximum Gasteiger partial charge on any atom is 0.269 e. The lowest BCUT2D eigenvalue weighted by molar-refractivity contribution is -0.419. The minimum atomic E-state index is -0.383. The number of rotatable bonds is 11. The summed E-state index contributed by atoms with van der Waals surface area (Å²) in [5.41, 5.74) is 7.51. The summed E-state index contributed by atoms with van der Waals surface area (Å²) < 4.78 is 0. The highest BCUT2D eigenvalue weighted by Crippen LogP contribution is 2.42. The van der Waals surface area contributed by atoms with Crippen LogP contribution < -0.4 is 0 Å². The number of nitro groups is 1. The van der Waals surface area contributed by atoms with Crippen molar-refractivity contribution < 1.29 is 15.1 Å². The Morgan fingerprint density at radius 1 is 0.844 bits per heavy atom. The monoisotopic (exact) mass is 613 g/mol. The standard InChI is InChI=1S/C40H55NO4/c1-28(13-11-14-29(2)18-21-37-32(5)24-35(42)26-39(37,7)8)17-20-34(41(44)45)23-31(4)16-12-15-30(3)19-22-38-33(6)25-36(43)27-40(38,9)10/h11-23,25,35-36,38,42-43H,24,26-27H2,1-10H3/b13-11+,16-12+,21-18+,22-19+,28-17+,29-14+,30-15+,31-23-,34-20-/t35-,36+,38+/m1/s1. The number of aliphatic hydroxyl groups excluding tert-OH is 2. The summed E-state index contributed by atoms with van der Waals surface area (Å²) in [5.74, 6) is 0.267. The lowest BCUT2D eigenvalue weighted by atomic mass is 9.67. The predicted molar refractivity (Wildman–Crippen MR) is 190 cm³/mol. The van der Waals surface area contributed by atoms with E-state index in [0.717, 1.165) is 41.6 Å². The molecule has 0 amide bonds. The summed E-state index contributed by atoms with van der Waals surface area (Å²) in [6, 6.07) is 0. The quantitative estimate of drug-likeness (QED) is 0.105. The van der Waals surface area contributed by atoms with E-state index in [4.69, 9.17) is 0 Å². The molecule has 5 nitrogen and oxygen atoms in total. The van der Waals surface area contributed by atoms with E-state index in [0.29, 0.717) is 0 Å². The van der Waals surface area contributed by atoms with Crippen LogP contribution in [-0.4, -0.2) is 27.3 Å². The molecule has 2 rings (SSSR count). The van der Waals surface area contributed by atoms with Crippen LogP contribution in [-0.2, 0) is 0 Å². The Labute approximate surface area is 272 Å². The predicted octanol–water partition coefficient (Wildman–Crippen LogP) is 10.0. The minimum Gasteiger partial charge on any atom is -0.393 e. The summed E-state index contributed by atoms with van der Waals surface area (Å²) in [5, 5.41) is 31.9. The summed E-state index contributed by atoms with van der Waals surface area (Å²) >= 11 is 0. The molecular weight excluding hydrogens is 558 g/mol. The van der Waals surface area contributed by atoms with Gasteiger partial charge in [-0.3, -0.25) is 10.1 Å². The van der Waals surface area contributed by atoms with E-state index in [-0.39, 0.29) is 39.6 Å². The molecule has 45 heavy (non-hydrogen) atoms. The second-order valence-corrected chi connectivity index (χ2v) is 14.2. The third-order valence-corrected chi connectivity index (χ3v) is 8.60. The maximum absolute atomic E-state index is 11.7. The third-order valence-electron chi connectivity index (χ3n) is 8.60. The molecule has 0 heterocycles. The van der Waals surface area contributed by atoms with Gasteiger partial charge in [0.05, 0.1) is 17.1 Å². The molecule has 0 saturated heterocycles. The SMILES string of the molecule is CC1=C[C@H](O)CC(C)(C)[C@H]1/C=C/C(C)=C/C=C/C(C)=C\C(=C\C=C(C)\C=C\C=C(C)\C=C\C1=C(C)C[C@@H](O)CC1(C)C)[N+](=O)[O-]. The summed E-state index contributed by atoms with van der Waals surface area (Å²) in [4.78, 5) is 11.3. The first kappa shape index (κ1) is 37.6. The molecule has 0 bridgehead atoms. The molecule has 5 heteroatoms. The van der Waals surface area contributed by atoms with Crippen molar-refractivity contribution in [3.8, 4) is 0 Å². The van der Waals surface area contributed by atoms with Crippen LogP contribution in [0.1, 0.15) is 88.5 Å². The van der Waals surface area contributed by atoms with Crippen LogP contribution in [0.25, 0.3) is 0 Å². The molecule has 0 unspecified atom stereocenters. The molecule has 0 radical (unpaired) electrons. The normalized spacial score (nSPS) is 25.7. The Hall–Kier alpha value is -3.54. The van der Waals surface area contributed by atoms with Gasteiger partial charge in [-0.2, -0.15) is 0 Å². The molecule has 0 aromatic rings. The van der Waals surface area contributed by atoms with Gasteiger partial charge >= 0.3 is 0 Å². The molecule has 0 spiro atoms. The average Bonchev–Trinajstić information content (AvgIpc) is 2.88. The highest BCUT2D eigenvalue weighted by atomic mass is 16.6. The van der Waals surface area contributed by atoms with Crippen LogP contribution in [0.2, 0.25) is 0 Å². The highest BCUT2D eigenvalue weighted by molar-refractivity contribution is 5.38. The second-order valence-electron chi connectivity index (χ2n) is 14.2. The van der Waals surface area contributed by atoms with Crippen molar-refractivity contribution in [2.45, 2.75) is 101 Å². The fourth-order valence-corrected chi connectivity index (χ4v) is 6.33. The van der Waals surface area contributed by atoms with E-state index < -0.39 is 0 Å². The van der Waals surface area contributed by atoms with E-state index >= 15 is 0 Å². The van der Waals surface area contributed by atoms with Crippen molar-refractivity contribution in [1.82, 2.24) is 0 Å². The Kier molecular flexibility index (Phi) is 14.0. The van der Waals surface area contributed by atoms with Crippen molar-refractivity contribution in [2.24, 2.45) is 16.7 Å². The van der Waals surface area contributed by atoms with Crippen molar-refractivity contribution >= 4 is 0 Å². The third kappa shape index (κ3) is 12.4. The zero-order valence-corrected chi connectivity index (χ0v) is 29.1. The average molecular weight is 614 g/mol. The lowest BCUT2D eigenvalue weighted by Gasteiger charge is -2.38. The smallest absolute Gasteiger partial charge is 0.269 e. The van der Waals surface area contributed by atoms with Crippen LogP contribution in [0.5, 0.6) is 0 Å². The van der Waals surface area contributed by atoms with Gasteiger partial charge in [-0.25, -0.2) is 0 Å².